The minimum atomic E-state index is -2.28. The summed E-state index contributed by atoms with van der Waals surface area (Å²) in [5, 5.41) is 13.9. The highest BCUT2D eigenvalue weighted by Crippen LogP contribution is 2.53. The van der Waals surface area contributed by atoms with E-state index >= 15 is 0 Å². The molecule has 1 aliphatic carbocycles. The Kier molecular flexibility index (Phi) is 8.30. The molecule has 9 heteroatoms. The summed E-state index contributed by atoms with van der Waals surface area (Å²) in [6.07, 6.45) is 6.17. The number of carboxylic acid groups (broad SMARTS) is 1. The molecule has 1 spiro atoms. The van der Waals surface area contributed by atoms with Gasteiger partial charge in [-0.2, -0.15) is 0 Å². The summed E-state index contributed by atoms with van der Waals surface area (Å²) in [7, 11) is -3.78. The monoisotopic (exact) mass is 513 g/mol. The van der Waals surface area contributed by atoms with Crippen molar-refractivity contribution in [3.8, 4) is 23.3 Å². The second kappa shape index (κ2) is 10.7. The minimum Gasteiger partial charge on any atom is -0.478 e. The summed E-state index contributed by atoms with van der Waals surface area (Å²) < 4.78 is 24.5. The molecule has 188 valence electrons. The number of nitrogens with zero attached hydrogens (tertiary/aromatic N) is 1. The Morgan fingerprint density at radius 3 is 2.34 bits per heavy atom. The van der Waals surface area contributed by atoms with Crippen molar-refractivity contribution in [1.29, 1.82) is 0 Å². The second-order valence-electron chi connectivity index (χ2n) is 9.89. The van der Waals surface area contributed by atoms with E-state index in [9.17, 15) is 9.90 Å². The Balaban J connectivity index is 2.22. The molecule has 1 fully saturated rings. The number of allylic oxidation sites excluding steroid dienone is 2. The average Bonchev–Trinajstić information content (AvgIpc) is 3.47. The number of hydrogen-bond acceptors (Lipinski definition) is 6. The average molecular weight is 514 g/mol. The van der Waals surface area contributed by atoms with Gasteiger partial charge in [-0.25, -0.2) is 4.79 Å². The number of ether oxygens (including phenoxy) is 2. The predicted octanol–water partition coefficient (Wildman–Crippen LogP) is 4.95. The Bertz CT molecular complexity index is 1110. The van der Waals surface area contributed by atoms with Crippen LogP contribution in [0.25, 0.3) is 5.57 Å². The van der Waals surface area contributed by atoms with E-state index in [1.807, 2.05) is 0 Å². The van der Waals surface area contributed by atoms with Crippen LogP contribution in [0.5, 0.6) is 0 Å². The van der Waals surface area contributed by atoms with Crippen molar-refractivity contribution >= 4 is 27.9 Å². The molecule has 1 aliphatic heterocycles. The summed E-state index contributed by atoms with van der Waals surface area (Å²) in [6, 6.07) is 2.60. The molecule has 2 heterocycles. The van der Waals surface area contributed by atoms with E-state index in [1.165, 1.54) is 6.26 Å². The van der Waals surface area contributed by atoms with Crippen LogP contribution in [-0.2, 0) is 24.5 Å². The third-order valence-corrected chi connectivity index (χ3v) is 12.0. The van der Waals surface area contributed by atoms with Crippen LogP contribution in [0.1, 0.15) is 38.4 Å². The topological polar surface area (TPSA) is 91.0 Å². The molecular formula is C26H35NO6Si2. The van der Waals surface area contributed by atoms with Crippen molar-refractivity contribution in [3.63, 3.8) is 0 Å². The first kappa shape index (κ1) is 27.2. The lowest BCUT2D eigenvalue weighted by molar-refractivity contribution is -0.193. The van der Waals surface area contributed by atoms with E-state index in [2.05, 4.69) is 68.9 Å². The number of carboxylic acids is 1. The van der Waals surface area contributed by atoms with Crippen LogP contribution < -0.4 is 0 Å². The molecule has 1 aromatic rings. The van der Waals surface area contributed by atoms with Crippen LogP contribution in [0.15, 0.2) is 29.0 Å². The van der Waals surface area contributed by atoms with E-state index in [0.717, 1.165) is 24.2 Å². The molecule has 0 bridgehead atoms. The predicted molar refractivity (Wildman–Crippen MR) is 139 cm³/mol. The fourth-order valence-electron chi connectivity index (χ4n) is 4.50. The van der Waals surface area contributed by atoms with Gasteiger partial charge in [-0.1, -0.05) is 63.3 Å². The first-order valence-electron chi connectivity index (χ1n) is 12.1. The normalized spacial score (nSPS) is 22.5. The maximum atomic E-state index is 12.0. The van der Waals surface area contributed by atoms with Gasteiger partial charge >= 0.3 is 5.97 Å². The van der Waals surface area contributed by atoms with Crippen LogP contribution in [0.3, 0.4) is 0 Å². The van der Waals surface area contributed by atoms with Gasteiger partial charge in [-0.3, -0.25) is 0 Å². The lowest BCUT2D eigenvalue weighted by atomic mass is 9.75. The summed E-state index contributed by atoms with van der Waals surface area (Å²) >= 11 is 0. The van der Waals surface area contributed by atoms with Gasteiger partial charge < -0.3 is 23.5 Å². The van der Waals surface area contributed by atoms with Crippen LogP contribution in [-0.4, -0.2) is 51.4 Å². The first-order chi connectivity index (χ1) is 16.5. The standard InChI is InChI=1S/C26H35NO6Si2/c1-7-35(8-2,9-3)33-25(14-12-10-11-13-17-34(4,5)6)20-26(30-15-16-31-26)24-21(19-32-27-24)22(25)18-23(28)29/h10-11,18-19H,7-9,15-16,20H2,1-6H3,(H,28,29)/t25-/m0/s1. The van der Waals surface area contributed by atoms with Gasteiger partial charge in [0.2, 0.25) is 5.79 Å². The number of fused-ring (bicyclic) bond motifs is 2. The molecule has 2 aliphatic rings. The number of rotatable bonds is 6. The van der Waals surface area contributed by atoms with Gasteiger partial charge in [0.1, 0.15) is 14.3 Å². The SMILES string of the molecule is CC[Si](CC)(CC)O[C@@]1(C#CC=CC#C[Si](C)(C)C)CC2(OCCO2)c2nocc2C1=CC(=O)O. The molecule has 3 rings (SSSR count). The highest BCUT2D eigenvalue weighted by atomic mass is 28.4. The second-order valence-corrected chi connectivity index (χ2v) is 19.3. The van der Waals surface area contributed by atoms with Crippen LogP contribution in [0, 0.1) is 23.3 Å². The van der Waals surface area contributed by atoms with Gasteiger partial charge in [0, 0.05) is 11.6 Å². The molecule has 0 radical (unpaired) electrons. The quantitative estimate of drug-likeness (QED) is 0.327. The maximum Gasteiger partial charge on any atom is 0.328 e. The molecule has 35 heavy (non-hydrogen) atoms. The summed E-state index contributed by atoms with van der Waals surface area (Å²) in [6.45, 7) is 13.7. The number of hydrogen-bond donors (Lipinski definition) is 1. The number of aliphatic carboxylic acids is 1. The highest BCUT2D eigenvalue weighted by molar-refractivity contribution is 6.83. The molecule has 0 aromatic carbocycles. The van der Waals surface area contributed by atoms with Crippen LogP contribution in [0.4, 0.5) is 0 Å². The van der Waals surface area contributed by atoms with E-state index in [4.69, 9.17) is 18.4 Å². The van der Waals surface area contributed by atoms with Gasteiger partial charge in [-0.15, -0.1) is 5.54 Å². The molecule has 7 nitrogen and oxygen atoms in total. The molecule has 1 saturated heterocycles. The Morgan fingerprint density at radius 1 is 1.14 bits per heavy atom. The van der Waals surface area contributed by atoms with Crippen LogP contribution in [0.2, 0.25) is 37.8 Å². The van der Waals surface area contributed by atoms with E-state index in [0.29, 0.717) is 30.0 Å². The van der Waals surface area contributed by atoms with Crippen molar-refractivity contribution in [2.75, 3.05) is 13.2 Å². The Hall–Kier alpha value is -2.41. The van der Waals surface area contributed by atoms with E-state index < -0.39 is 33.7 Å². The van der Waals surface area contributed by atoms with Crippen molar-refractivity contribution in [1.82, 2.24) is 5.16 Å². The van der Waals surface area contributed by atoms with Crippen molar-refractivity contribution < 1.29 is 28.3 Å². The van der Waals surface area contributed by atoms with Gasteiger partial charge in [0.25, 0.3) is 0 Å². The highest BCUT2D eigenvalue weighted by Gasteiger charge is 2.58. The molecule has 1 aromatic heterocycles. The van der Waals surface area contributed by atoms with E-state index in [1.54, 1.807) is 12.2 Å². The Morgan fingerprint density at radius 2 is 1.77 bits per heavy atom. The summed E-state index contributed by atoms with van der Waals surface area (Å²) in [5.41, 5.74) is 3.33. The fourth-order valence-corrected chi connectivity index (χ4v) is 7.92. The zero-order valence-electron chi connectivity index (χ0n) is 21.5. The van der Waals surface area contributed by atoms with Gasteiger partial charge in [0.15, 0.2) is 19.6 Å². The van der Waals surface area contributed by atoms with Gasteiger partial charge in [0.05, 0.1) is 25.2 Å². The maximum absolute atomic E-state index is 12.0. The zero-order valence-corrected chi connectivity index (χ0v) is 23.5. The smallest absolute Gasteiger partial charge is 0.328 e. The Labute approximate surface area is 210 Å². The summed E-state index contributed by atoms with van der Waals surface area (Å²) in [5.74, 6) is 7.15. The minimum absolute atomic E-state index is 0.162. The summed E-state index contributed by atoms with van der Waals surface area (Å²) in [4.78, 5) is 12.0. The molecule has 0 unspecified atom stereocenters. The largest absolute Gasteiger partial charge is 0.478 e. The molecule has 0 saturated carbocycles. The van der Waals surface area contributed by atoms with Gasteiger partial charge in [-0.05, 0) is 30.3 Å². The van der Waals surface area contributed by atoms with Crippen LogP contribution >= 0.6 is 0 Å². The lowest BCUT2D eigenvalue weighted by Gasteiger charge is -2.46. The van der Waals surface area contributed by atoms with E-state index in [-0.39, 0.29) is 6.42 Å². The zero-order chi connectivity index (χ0) is 25.7. The van der Waals surface area contributed by atoms with Crippen molar-refractivity contribution in [3.05, 3.63) is 35.7 Å². The third-order valence-electron chi connectivity index (χ3n) is 6.45. The molecule has 0 amide bonds. The number of carbonyl (C=O) groups is 1. The lowest BCUT2D eigenvalue weighted by Crippen LogP contribution is -2.53. The fraction of sp³-hybridized carbons (Fsp3) is 0.538. The molecular weight excluding hydrogens is 478 g/mol. The van der Waals surface area contributed by atoms with Crippen molar-refractivity contribution in [2.24, 2.45) is 0 Å². The molecule has 1 N–H and O–H groups in total. The molecule has 1 atom stereocenters. The first-order valence-corrected chi connectivity index (χ1v) is 18.2. The number of aromatic nitrogens is 1. The third kappa shape index (κ3) is 5.88. The van der Waals surface area contributed by atoms with Crippen molar-refractivity contribution in [2.45, 2.75) is 76.4 Å².